The standard InChI is InChI=1S/C32H66O13/c1-4-5-6-7-33-8-9-34-10-11-35-12-13-36-14-15-37-16-17-38-18-19-39-20-21-40-22-23-41-24-25-42-26-27-43-28-29-44-30-31-45-32(2)3/h32H,4-31H2,1-3H3. The number of hydrogen-bond acceptors (Lipinski definition) is 13. The zero-order valence-corrected chi connectivity index (χ0v) is 28.7. The topological polar surface area (TPSA) is 120 Å². The molecule has 0 spiro atoms. The minimum absolute atomic E-state index is 0.232. The van der Waals surface area contributed by atoms with Crippen LogP contribution in [0.2, 0.25) is 0 Å². The Hall–Kier alpha value is -0.520. The summed E-state index contributed by atoms with van der Waals surface area (Å²) in [6.07, 6.45) is 3.78. The zero-order chi connectivity index (χ0) is 32.6. The fourth-order valence-electron chi connectivity index (χ4n) is 3.32. The zero-order valence-electron chi connectivity index (χ0n) is 28.7. The first kappa shape index (κ1) is 44.5. The average molecular weight is 659 g/mol. The van der Waals surface area contributed by atoms with Crippen LogP contribution in [-0.2, 0) is 61.6 Å². The molecule has 0 saturated carbocycles. The van der Waals surface area contributed by atoms with Crippen molar-refractivity contribution in [3.05, 3.63) is 0 Å². The molecule has 0 aromatic carbocycles. The van der Waals surface area contributed by atoms with E-state index in [1.165, 1.54) is 12.8 Å². The highest BCUT2D eigenvalue weighted by molar-refractivity contribution is 4.41. The quantitative estimate of drug-likeness (QED) is 0.0897. The van der Waals surface area contributed by atoms with E-state index in [9.17, 15) is 0 Å². The Morgan fingerprint density at radius 3 is 0.667 bits per heavy atom. The van der Waals surface area contributed by atoms with Crippen LogP contribution >= 0.6 is 0 Å². The van der Waals surface area contributed by atoms with Crippen molar-refractivity contribution in [2.24, 2.45) is 0 Å². The minimum Gasteiger partial charge on any atom is -0.379 e. The third-order valence-electron chi connectivity index (χ3n) is 5.66. The molecule has 45 heavy (non-hydrogen) atoms. The maximum absolute atomic E-state index is 5.49. The van der Waals surface area contributed by atoms with Crippen molar-refractivity contribution in [3.63, 3.8) is 0 Å². The molecule has 0 aliphatic heterocycles. The molecule has 0 heterocycles. The van der Waals surface area contributed by atoms with Crippen LogP contribution in [0.5, 0.6) is 0 Å². The molecule has 0 aromatic heterocycles. The van der Waals surface area contributed by atoms with Gasteiger partial charge in [-0.05, 0) is 20.3 Å². The van der Waals surface area contributed by atoms with Gasteiger partial charge in [-0.2, -0.15) is 0 Å². The lowest BCUT2D eigenvalue weighted by atomic mass is 10.3. The van der Waals surface area contributed by atoms with Crippen LogP contribution in [0.15, 0.2) is 0 Å². The monoisotopic (exact) mass is 658 g/mol. The van der Waals surface area contributed by atoms with Gasteiger partial charge in [-0.1, -0.05) is 19.8 Å². The number of unbranched alkanes of at least 4 members (excludes halogenated alkanes) is 2. The molecule has 0 radical (unpaired) electrons. The Morgan fingerprint density at radius 1 is 0.267 bits per heavy atom. The smallest absolute Gasteiger partial charge is 0.0703 e. The van der Waals surface area contributed by atoms with Crippen molar-refractivity contribution in [1.29, 1.82) is 0 Å². The molecule has 0 atom stereocenters. The molecular weight excluding hydrogens is 592 g/mol. The second-order valence-electron chi connectivity index (χ2n) is 9.98. The first-order valence-electron chi connectivity index (χ1n) is 16.8. The average Bonchev–Trinajstić information content (AvgIpc) is 3.03. The number of hydrogen-bond donors (Lipinski definition) is 0. The van der Waals surface area contributed by atoms with Crippen molar-refractivity contribution in [1.82, 2.24) is 0 Å². The maximum Gasteiger partial charge on any atom is 0.0703 e. The molecule has 272 valence electrons. The molecule has 0 N–H and O–H groups in total. The van der Waals surface area contributed by atoms with E-state index in [4.69, 9.17) is 61.6 Å². The summed E-state index contributed by atoms with van der Waals surface area (Å²) in [5.74, 6) is 0. The lowest BCUT2D eigenvalue weighted by molar-refractivity contribution is -0.0298. The van der Waals surface area contributed by atoms with E-state index < -0.39 is 0 Å². The Kier molecular flexibility index (Phi) is 41.0. The highest BCUT2D eigenvalue weighted by atomic mass is 16.6. The van der Waals surface area contributed by atoms with Crippen LogP contribution in [0.25, 0.3) is 0 Å². The molecule has 0 aliphatic rings. The summed E-state index contributed by atoms with van der Waals surface area (Å²) in [6, 6.07) is 0. The van der Waals surface area contributed by atoms with E-state index in [-0.39, 0.29) is 6.10 Å². The summed E-state index contributed by atoms with van der Waals surface area (Å²) in [6.45, 7) is 20.1. The second-order valence-corrected chi connectivity index (χ2v) is 9.98. The molecule has 13 nitrogen and oxygen atoms in total. The highest BCUT2D eigenvalue weighted by Gasteiger charge is 1.97. The molecule has 0 aromatic rings. The maximum atomic E-state index is 5.49. The first-order valence-corrected chi connectivity index (χ1v) is 16.8. The Bertz CT molecular complexity index is 517. The van der Waals surface area contributed by atoms with Crippen LogP contribution in [0.4, 0.5) is 0 Å². The van der Waals surface area contributed by atoms with Gasteiger partial charge < -0.3 is 61.6 Å². The third kappa shape index (κ3) is 43.5. The van der Waals surface area contributed by atoms with Gasteiger partial charge in [-0.3, -0.25) is 0 Å². The summed E-state index contributed by atoms with van der Waals surface area (Å²) >= 11 is 0. The second kappa shape index (κ2) is 41.5. The number of ether oxygens (including phenoxy) is 13. The molecule has 0 rings (SSSR count). The largest absolute Gasteiger partial charge is 0.379 e. The van der Waals surface area contributed by atoms with E-state index >= 15 is 0 Å². The van der Waals surface area contributed by atoms with Gasteiger partial charge in [0.05, 0.1) is 165 Å². The van der Waals surface area contributed by atoms with E-state index in [0.717, 1.165) is 13.0 Å². The van der Waals surface area contributed by atoms with Crippen molar-refractivity contribution in [2.75, 3.05) is 165 Å². The normalized spacial score (nSPS) is 11.7. The van der Waals surface area contributed by atoms with E-state index in [2.05, 4.69) is 6.92 Å². The SMILES string of the molecule is CCCCCOCCOCCOCCOCCOCCOCCOCCOCCOCCOCCOCCOCCOC(C)C. The Labute approximate surface area is 273 Å². The van der Waals surface area contributed by atoms with Crippen molar-refractivity contribution < 1.29 is 61.6 Å². The molecule has 0 unspecified atom stereocenters. The summed E-state index contributed by atoms with van der Waals surface area (Å²) in [4.78, 5) is 0. The highest BCUT2D eigenvalue weighted by Crippen LogP contribution is 1.94. The van der Waals surface area contributed by atoms with Gasteiger partial charge in [-0.15, -0.1) is 0 Å². The predicted octanol–water partition coefficient (Wildman–Crippen LogP) is 2.80. The molecular formula is C32H66O13. The van der Waals surface area contributed by atoms with Crippen molar-refractivity contribution >= 4 is 0 Å². The Balaban J connectivity index is 3.04. The first-order chi connectivity index (χ1) is 22.3. The van der Waals surface area contributed by atoms with Gasteiger partial charge >= 0.3 is 0 Å². The predicted molar refractivity (Wildman–Crippen MR) is 170 cm³/mol. The lowest BCUT2D eigenvalue weighted by Gasteiger charge is -2.09. The summed E-state index contributed by atoms with van der Waals surface area (Å²) < 4.78 is 71.0. The van der Waals surface area contributed by atoms with Crippen molar-refractivity contribution in [2.45, 2.75) is 46.1 Å². The molecule has 0 aliphatic carbocycles. The van der Waals surface area contributed by atoms with Crippen LogP contribution in [0, 0.1) is 0 Å². The van der Waals surface area contributed by atoms with Crippen LogP contribution < -0.4 is 0 Å². The summed E-state index contributed by atoms with van der Waals surface area (Å²) in [5, 5.41) is 0. The van der Waals surface area contributed by atoms with Crippen molar-refractivity contribution in [3.8, 4) is 0 Å². The lowest BCUT2D eigenvalue weighted by Crippen LogP contribution is -2.15. The molecule has 13 heteroatoms. The molecule has 0 fully saturated rings. The van der Waals surface area contributed by atoms with Crippen LogP contribution in [0.1, 0.15) is 40.0 Å². The van der Waals surface area contributed by atoms with E-state index in [1.54, 1.807) is 0 Å². The van der Waals surface area contributed by atoms with Crippen LogP contribution in [-0.4, -0.2) is 171 Å². The van der Waals surface area contributed by atoms with Gasteiger partial charge in [-0.25, -0.2) is 0 Å². The molecule has 0 bridgehead atoms. The fourth-order valence-corrected chi connectivity index (χ4v) is 3.32. The van der Waals surface area contributed by atoms with Gasteiger partial charge in [0.2, 0.25) is 0 Å². The van der Waals surface area contributed by atoms with Gasteiger partial charge in [0.1, 0.15) is 0 Å². The van der Waals surface area contributed by atoms with E-state index in [0.29, 0.717) is 159 Å². The summed E-state index contributed by atoms with van der Waals surface area (Å²) in [5.41, 5.74) is 0. The molecule has 0 saturated heterocycles. The summed E-state index contributed by atoms with van der Waals surface area (Å²) in [7, 11) is 0. The van der Waals surface area contributed by atoms with E-state index in [1.807, 2.05) is 13.8 Å². The van der Waals surface area contributed by atoms with Gasteiger partial charge in [0.25, 0.3) is 0 Å². The third-order valence-corrected chi connectivity index (χ3v) is 5.66. The number of rotatable bonds is 41. The fraction of sp³-hybridized carbons (Fsp3) is 1.00. The van der Waals surface area contributed by atoms with Gasteiger partial charge in [0.15, 0.2) is 0 Å². The Morgan fingerprint density at radius 2 is 0.467 bits per heavy atom. The van der Waals surface area contributed by atoms with Gasteiger partial charge in [0, 0.05) is 6.61 Å². The van der Waals surface area contributed by atoms with Crippen LogP contribution in [0.3, 0.4) is 0 Å². The minimum atomic E-state index is 0.232. The molecule has 0 amide bonds.